The van der Waals surface area contributed by atoms with Crippen LogP contribution in [0.5, 0.6) is 0 Å². The molecule has 0 saturated carbocycles. The van der Waals surface area contributed by atoms with Crippen LogP contribution in [0.1, 0.15) is 24.2 Å². The van der Waals surface area contributed by atoms with E-state index in [0.717, 1.165) is 17.9 Å². The van der Waals surface area contributed by atoms with E-state index in [-0.39, 0.29) is 0 Å². The van der Waals surface area contributed by atoms with Crippen molar-refractivity contribution in [1.82, 2.24) is 24.4 Å². The molecule has 0 aliphatic rings. The number of aryl methyl sites for hydroxylation is 1. The van der Waals surface area contributed by atoms with Crippen molar-refractivity contribution in [3.05, 3.63) is 36.3 Å². The van der Waals surface area contributed by atoms with Crippen molar-refractivity contribution in [3.63, 3.8) is 0 Å². The molecular weight excluding hydrogens is 270 g/mol. The number of fused-ring (bicyclic) bond motifs is 1. The highest BCUT2D eigenvalue weighted by Gasteiger charge is 2.18. The Kier molecular flexibility index (Phi) is 3.39. The Morgan fingerprint density at radius 2 is 2.00 bits per heavy atom. The summed E-state index contributed by atoms with van der Waals surface area (Å²) in [5.41, 5.74) is 2.59. The van der Waals surface area contributed by atoms with E-state index in [1.807, 2.05) is 23.7 Å². The molecule has 0 aliphatic carbocycles. The first-order chi connectivity index (χ1) is 10.3. The lowest BCUT2D eigenvalue weighted by Crippen LogP contribution is -2.06. The van der Waals surface area contributed by atoms with Crippen LogP contribution in [0.3, 0.4) is 0 Å². The van der Waals surface area contributed by atoms with Gasteiger partial charge in [0.2, 0.25) is 0 Å². The van der Waals surface area contributed by atoms with E-state index in [9.17, 15) is 4.79 Å². The van der Waals surface area contributed by atoms with Crippen LogP contribution in [0.15, 0.2) is 30.7 Å². The Morgan fingerprint density at radius 3 is 2.76 bits per heavy atom. The molecule has 3 aromatic heterocycles. The number of hydrogen-bond donors (Lipinski definition) is 0. The first-order valence-electron chi connectivity index (χ1n) is 6.78. The third-order valence-electron chi connectivity index (χ3n) is 3.18. The van der Waals surface area contributed by atoms with Crippen molar-refractivity contribution >= 4 is 11.6 Å². The lowest BCUT2D eigenvalue weighted by molar-refractivity contribution is 0.0528. The summed E-state index contributed by atoms with van der Waals surface area (Å²) in [5.74, 6) is -0.416. The van der Waals surface area contributed by atoms with Gasteiger partial charge in [-0.2, -0.15) is 10.2 Å². The molecule has 3 heterocycles. The molecule has 0 saturated heterocycles. The quantitative estimate of drug-likeness (QED) is 0.683. The van der Waals surface area contributed by atoms with E-state index in [1.165, 1.54) is 6.20 Å². The lowest BCUT2D eigenvalue weighted by atomic mass is 10.3. The minimum Gasteiger partial charge on any atom is -0.462 e. The van der Waals surface area contributed by atoms with Crippen molar-refractivity contribution in [1.29, 1.82) is 0 Å². The fourth-order valence-electron chi connectivity index (χ4n) is 2.24. The van der Waals surface area contributed by atoms with E-state index in [4.69, 9.17) is 4.74 Å². The largest absolute Gasteiger partial charge is 0.462 e. The number of hydrogen-bond acceptors (Lipinski definition) is 5. The van der Waals surface area contributed by atoms with Gasteiger partial charge in [0, 0.05) is 18.9 Å². The van der Waals surface area contributed by atoms with Crippen LogP contribution < -0.4 is 0 Å². The molecule has 3 aromatic rings. The number of nitrogens with zero attached hydrogens (tertiary/aromatic N) is 5. The highest BCUT2D eigenvalue weighted by atomic mass is 16.5. The first kappa shape index (κ1) is 13.3. The maximum absolute atomic E-state index is 11.9. The third kappa shape index (κ3) is 2.16. The molecule has 0 aliphatic heterocycles. The Morgan fingerprint density at radius 1 is 1.19 bits per heavy atom. The molecule has 0 spiro atoms. The second-order valence-electron chi connectivity index (χ2n) is 4.38. The summed E-state index contributed by atoms with van der Waals surface area (Å²) < 4.78 is 8.52. The predicted octanol–water partition coefficient (Wildman–Crippen LogP) is 1.79. The second-order valence-corrected chi connectivity index (χ2v) is 4.38. The molecule has 0 aromatic carbocycles. The highest BCUT2D eigenvalue weighted by Crippen LogP contribution is 2.21. The van der Waals surface area contributed by atoms with Crippen molar-refractivity contribution in [2.24, 2.45) is 0 Å². The molecule has 21 heavy (non-hydrogen) atoms. The minimum atomic E-state index is -0.416. The van der Waals surface area contributed by atoms with Crippen LogP contribution in [0.25, 0.3) is 17.0 Å². The van der Waals surface area contributed by atoms with Gasteiger partial charge in [-0.1, -0.05) is 0 Å². The van der Waals surface area contributed by atoms with Crippen LogP contribution in [-0.4, -0.2) is 37.0 Å². The minimum absolute atomic E-state index is 0.318. The zero-order chi connectivity index (χ0) is 14.8. The number of carbonyl (C=O) groups excluding carboxylic acids is 1. The topological polar surface area (TPSA) is 74.3 Å². The van der Waals surface area contributed by atoms with Crippen LogP contribution in [0.4, 0.5) is 0 Å². The molecule has 3 rings (SSSR count). The van der Waals surface area contributed by atoms with Gasteiger partial charge in [-0.15, -0.1) is 0 Å². The summed E-state index contributed by atoms with van der Waals surface area (Å²) in [6.07, 6.45) is 4.87. The van der Waals surface area contributed by atoms with Crippen molar-refractivity contribution in [2.45, 2.75) is 20.4 Å². The van der Waals surface area contributed by atoms with Gasteiger partial charge in [-0.05, 0) is 26.0 Å². The molecule has 0 bridgehead atoms. The van der Waals surface area contributed by atoms with E-state index in [2.05, 4.69) is 15.2 Å². The number of ether oxygens (including phenoxy) is 1. The number of esters is 1. The smallest absolute Gasteiger partial charge is 0.343 e. The second kappa shape index (κ2) is 5.35. The van der Waals surface area contributed by atoms with Gasteiger partial charge in [-0.25, -0.2) is 14.3 Å². The summed E-state index contributed by atoms with van der Waals surface area (Å²) in [5, 5.41) is 8.52. The zero-order valence-corrected chi connectivity index (χ0v) is 11.9. The molecule has 0 fully saturated rings. The fourth-order valence-corrected chi connectivity index (χ4v) is 2.24. The molecule has 0 radical (unpaired) electrons. The summed E-state index contributed by atoms with van der Waals surface area (Å²) >= 11 is 0. The van der Waals surface area contributed by atoms with Crippen LogP contribution >= 0.6 is 0 Å². The molecule has 7 heteroatoms. The van der Waals surface area contributed by atoms with E-state index in [0.29, 0.717) is 17.8 Å². The molecule has 0 N–H and O–H groups in total. The van der Waals surface area contributed by atoms with E-state index < -0.39 is 5.97 Å². The van der Waals surface area contributed by atoms with Crippen LogP contribution in [0.2, 0.25) is 0 Å². The van der Waals surface area contributed by atoms with E-state index >= 15 is 0 Å². The van der Waals surface area contributed by atoms with E-state index in [1.54, 1.807) is 23.8 Å². The van der Waals surface area contributed by atoms with Gasteiger partial charge < -0.3 is 4.74 Å². The Hall–Kier alpha value is -2.70. The maximum Gasteiger partial charge on any atom is 0.343 e. The zero-order valence-electron chi connectivity index (χ0n) is 11.9. The van der Waals surface area contributed by atoms with Gasteiger partial charge in [-0.3, -0.25) is 4.68 Å². The maximum atomic E-state index is 11.9. The molecule has 0 unspecified atom stereocenters. The monoisotopic (exact) mass is 285 g/mol. The van der Waals surface area contributed by atoms with Crippen LogP contribution in [0, 0.1) is 0 Å². The number of carbonyl (C=O) groups is 1. The van der Waals surface area contributed by atoms with Crippen molar-refractivity contribution in [3.8, 4) is 11.4 Å². The summed E-state index contributed by atoms with van der Waals surface area (Å²) in [7, 11) is 0. The SMILES string of the molecule is CCOC(=O)c1cnn2c(-c3ccnn3CC)ccnc12. The summed E-state index contributed by atoms with van der Waals surface area (Å²) in [6.45, 7) is 4.85. The van der Waals surface area contributed by atoms with Crippen molar-refractivity contribution < 1.29 is 9.53 Å². The van der Waals surface area contributed by atoms with Crippen molar-refractivity contribution in [2.75, 3.05) is 6.61 Å². The Labute approximate surface area is 121 Å². The fraction of sp³-hybridized carbons (Fsp3) is 0.286. The molecule has 108 valence electrons. The standard InChI is InChI=1S/C14H15N5O2/c1-3-18-11(6-8-16-18)12-5-7-15-13-10(9-17-19(12)13)14(20)21-4-2/h5-9H,3-4H2,1-2H3. The Balaban J connectivity index is 2.16. The predicted molar refractivity (Wildman–Crippen MR) is 75.8 cm³/mol. The van der Waals surface area contributed by atoms with Crippen LogP contribution in [-0.2, 0) is 11.3 Å². The normalized spacial score (nSPS) is 11.0. The number of rotatable bonds is 4. The van der Waals surface area contributed by atoms with Gasteiger partial charge in [0.15, 0.2) is 5.65 Å². The van der Waals surface area contributed by atoms with Gasteiger partial charge >= 0.3 is 5.97 Å². The molecule has 0 amide bonds. The first-order valence-corrected chi connectivity index (χ1v) is 6.78. The van der Waals surface area contributed by atoms with Gasteiger partial charge in [0.1, 0.15) is 5.56 Å². The molecule has 0 atom stereocenters. The molecule has 7 nitrogen and oxygen atoms in total. The average Bonchev–Trinajstić information content (AvgIpc) is 3.13. The van der Waals surface area contributed by atoms with Gasteiger partial charge in [0.25, 0.3) is 0 Å². The average molecular weight is 285 g/mol. The summed E-state index contributed by atoms with van der Waals surface area (Å²) in [4.78, 5) is 16.1. The highest BCUT2D eigenvalue weighted by molar-refractivity contribution is 5.95. The third-order valence-corrected chi connectivity index (χ3v) is 3.18. The number of aromatic nitrogens is 5. The lowest BCUT2D eigenvalue weighted by Gasteiger charge is -2.06. The summed E-state index contributed by atoms with van der Waals surface area (Å²) in [6, 6.07) is 3.75. The molecular formula is C14H15N5O2. The Bertz CT molecular complexity index is 790. The van der Waals surface area contributed by atoms with Gasteiger partial charge in [0.05, 0.1) is 24.2 Å².